The molecule has 0 fully saturated rings. The lowest BCUT2D eigenvalue weighted by Gasteiger charge is -2.16. The fourth-order valence-corrected chi connectivity index (χ4v) is 2.12. The third-order valence-corrected chi connectivity index (χ3v) is 3.25. The van der Waals surface area contributed by atoms with Crippen LogP contribution in [0.4, 0.5) is 5.82 Å². The van der Waals surface area contributed by atoms with E-state index in [1.807, 2.05) is 31.1 Å². The number of nitrogens with zero attached hydrogens (tertiary/aromatic N) is 3. The third-order valence-electron chi connectivity index (χ3n) is 3.25. The fourth-order valence-electron chi connectivity index (χ4n) is 2.12. The number of aromatic nitrogens is 2. The summed E-state index contributed by atoms with van der Waals surface area (Å²) in [7, 11) is 3.92. The highest BCUT2D eigenvalue weighted by atomic mass is 16.1. The normalized spacial score (nSPS) is 11.1. The lowest BCUT2D eigenvalue weighted by Crippen LogP contribution is -2.13. The molecule has 0 unspecified atom stereocenters. The van der Waals surface area contributed by atoms with Crippen LogP contribution in [-0.4, -0.2) is 30.3 Å². The molecule has 106 valence electrons. The lowest BCUT2D eigenvalue weighted by atomic mass is 10.1. The highest BCUT2D eigenvalue weighted by Crippen LogP contribution is 2.24. The molecule has 4 heteroatoms. The number of carbonyl (C=O) groups is 1. The van der Waals surface area contributed by atoms with Crippen LogP contribution in [-0.2, 0) is 6.42 Å². The van der Waals surface area contributed by atoms with Crippen LogP contribution in [0.25, 0.3) is 10.9 Å². The van der Waals surface area contributed by atoms with Gasteiger partial charge in [0.1, 0.15) is 17.9 Å². The maximum absolute atomic E-state index is 10.9. The van der Waals surface area contributed by atoms with E-state index in [1.165, 1.54) is 0 Å². The van der Waals surface area contributed by atoms with E-state index in [-0.39, 0.29) is 0 Å². The Morgan fingerprint density at radius 2 is 2.00 bits per heavy atom. The van der Waals surface area contributed by atoms with Crippen molar-refractivity contribution in [3.63, 3.8) is 0 Å². The zero-order chi connectivity index (χ0) is 14.7. The predicted octanol–water partition coefficient (Wildman–Crippen LogP) is 3.10. The van der Waals surface area contributed by atoms with Crippen molar-refractivity contribution in [1.29, 1.82) is 0 Å². The lowest BCUT2D eigenvalue weighted by molar-refractivity contribution is 0.112. The summed E-state index contributed by atoms with van der Waals surface area (Å²) >= 11 is 0. The minimum absolute atomic E-state index is 0.634. The molecule has 1 aromatic carbocycles. The average molecular weight is 271 g/mol. The molecule has 0 N–H and O–H groups in total. The standard InChI is InChI=1S/C16H21N3O/c1-11(2)5-8-15-17-14-7-6-12(10-20)9-13(14)16(18-15)19(3)4/h6-7,9-11H,5,8H2,1-4H3. The van der Waals surface area contributed by atoms with Gasteiger partial charge in [-0.3, -0.25) is 4.79 Å². The van der Waals surface area contributed by atoms with Gasteiger partial charge >= 0.3 is 0 Å². The second-order valence-electron chi connectivity index (χ2n) is 5.68. The van der Waals surface area contributed by atoms with Gasteiger partial charge < -0.3 is 4.90 Å². The minimum atomic E-state index is 0.634. The van der Waals surface area contributed by atoms with Crippen molar-refractivity contribution >= 4 is 23.0 Å². The summed E-state index contributed by atoms with van der Waals surface area (Å²) in [5, 5.41) is 0.924. The van der Waals surface area contributed by atoms with Crippen LogP contribution in [0.2, 0.25) is 0 Å². The van der Waals surface area contributed by atoms with Gasteiger partial charge in [-0.25, -0.2) is 9.97 Å². The van der Waals surface area contributed by atoms with Crippen molar-refractivity contribution in [2.75, 3.05) is 19.0 Å². The van der Waals surface area contributed by atoms with Crippen molar-refractivity contribution in [3.05, 3.63) is 29.6 Å². The van der Waals surface area contributed by atoms with Crippen LogP contribution in [0.5, 0.6) is 0 Å². The molecule has 1 aromatic heterocycles. The van der Waals surface area contributed by atoms with Gasteiger partial charge in [0.15, 0.2) is 0 Å². The summed E-state index contributed by atoms with van der Waals surface area (Å²) in [5.74, 6) is 2.38. The van der Waals surface area contributed by atoms with Gasteiger partial charge in [0, 0.05) is 31.5 Å². The van der Waals surface area contributed by atoms with Crippen LogP contribution in [0, 0.1) is 5.92 Å². The number of fused-ring (bicyclic) bond motifs is 1. The van der Waals surface area contributed by atoms with Gasteiger partial charge in [0.2, 0.25) is 0 Å². The van der Waals surface area contributed by atoms with Crippen molar-refractivity contribution in [2.24, 2.45) is 5.92 Å². The first kappa shape index (κ1) is 14.4. The molecule has 4 nitrogen and oxygen atoms in total. The van der Waals surface area contributed by atoms with E-state index < -0.39 is 0 Å². The van der Waals surface area contributed by atoms with Gasteiger partial charge in [-0.05, 0) is 30.5 Å². The summed E-state index contributed by atoms with van der Waals surface area (Å²) in [6.45, 7) is 4.40. The van der Waals surface area contributed by atoms with Crippen molar-refractivity contribution in [2.45, 2.75) is 26.7 Å². The molecule has 0 amide bonds. The number of hydrogen-bond acceptors (Lipinski definition) is 4. The van der Waals surface area contributed by atoms with E-state index in [0.29, 0.717) is 11.5 Å². The highest BCUT2D eigenvalue weighted by Gasteiger charge is 2.10. The Morgan fingerprint density at radius 1 is 1.25 bits per heavy atom. The van der Waals surface area contributed by atoms with Crippen molar-refractivity contribution in [1.82, 2.24) is 9.97 Å². The van der Waals surface area contributed by atoms with Gasteiger partial charge in [0.25, 0.3) is 0 Å². The molecule has 0 atom stereocenters. The van der Waals surface area contributed by atoms with E-state index in [9.17, 15) is 4.79 Å². The van der Waals surface area contributed by atoms with Crippen LogP contribution >= 0.6 is 0 Å². The Morgan fingerprint density at radius 3 is 2.60 bits per heavy atom. The van der Waals surface area contributed by atoms with Crippen molar-refractivity contribution in [3.8, 4) is 0 Å². The number of carbonyl (C=O) groups excluding carboxylic acids is 1. The summed E-state index contributed by atoms with van der Waals surface area (Å²) in [4.78, 5) is 22.1. The molecule has 0 radical (unpaired) electrons. The average Bonchev–Trinajstić information content (AvgIpc) is 2.43. The van der Waals surface area contributed by atoms with E-state index >= 15 is 0 Å². The Labute approximate surface area is 119 Å². The molecule has 0 aliphatic rings. The zero-order valence-electron chi connectivity index (χ0n) is 12.6. The second-order valence-corrected chi connectivity index (χ2v) is 5.68. The summed E-state index contributed by atoms with van der Waals surface area (Å²) < 4.78 is 0. The zero-order valence-corrected chi connectivity index (χ0v) is 12.6. The predicted molar refractivity (Wildman–Crippen MR) is 82.4 cm³/mol. The minimum Gasteiger partial charge on any atom is -0.362 e. The van der Waals surface area contributed by atoms with Crippen LogP contribution < -0.4 is 4.90 Å². The van der Waals surface area contributed by atoms with E-state index in [0.717, 1.165) is 41.7 Å². The molecule has 0 saturated carbocycles. The Hall–Kier alpha value is -1.97. The smallest absolute Gasteiger partial charge is 0.150 e. The molecule has 0 saturated heterocycles. The van der Waals surface area contributed by atoms with Crippen LogP contribution in [0.1, 0.15) is 36.5 Å². The summed E-state index contributed by atoms with van der Waals surface area (Å²) in [6, 6.07) is 5.55. The highest BCUT2D eigenvalue weighted by molar-refractivity contribution is 5.93. The monoisotopic (exact) mass is 271 g/mol. The van der Waals surface area contributed by atoms with Gasteiger partial charge in [-0.1, -0.05) is 13.8 Å². The number of anilines is 1. The summed E-state index contributed by atoms with van der Waals surface area (Å²) in [6.07, 6.45) is 2.81. The molecule has 0 spiro atoms. The number of rotatable bonds is 5. The maximum Gasteiger partial charge on any atom is 0.150 e. The molecule has 20 heavy (non-hydrogen) atoms. The first-order chi connectivity index (χ1) is 9.51. The number of aryl methyl sites for hydroxylation is 1. The van der Waals surface area contributed by atoms with Crippen molar-refractivity contribution < 1.29 is 4.79 Å². The van der Waals surface area contributed by atoms with Crippen LogP contribution in [0.15, 0.2) is 18.2 Å². The van der Waals surface area contributed by atoms with Gasteiger partial charge in [0.05, 0.1) is 5.52 Å². The fraction of sp³-hybridized carbons (Fsp3) is 0.438. The molecule has 2 aromatic rings. The number of hydrogen-bond donors (Lipinski definition) is 0. The third kappa shape index (κ3) is 3.13. The second kappa shape index (κ2) is 5.99. The first-order valence-electron chi connectivity index (χ1n) is 6.94. The summed E-state index contributed by atoms with van der Waals surface area (Å²) in [5.41, 5.74) is 1.55. The molecular weight excluding hydrogens is 250 g/mol. The molecule has 1 heterocycles. The molecule has 0 bridgehead atoms. The Kier molecular flexibility index (Phi) is 4.32. The molecule has 0 aliphatic heterocycles. The number of benzene rings is 1. The number of aldehydes is 1. The van der Waals surface area contributed by atoms with Gasteiger partial charge in [-0.15, -0.1) is 0 Å². The largest absolute Gasteiger partial charge is 0.362 e. The molecule has 2 rings (SSSR count). The van der Waals surface area contributed by atoms with E-state index in [2.05, 4.69) is 23.8 Å². The van der Waals surface area contributed by atoms with Crippen LogP contribution in [0.3, 0.4) is 0 Å². The van der Waals surface area contributed by atoms with Gasteiger partial charge in [-0.2, -0.15) is 0 Å². The Bertz CT molecular complexity index is 620. The Balaban J connectivity index is 2.51. The maximum atomic E-state index is 10.9. The topological polar surface area (TPSA) is 46.1 Å². The quantitative estimate of drug-likeness (QED) is 0.784. The molecular formula is C16H21N3O. The SMILES string of the molecule is CC(C)CCc1nc(N(C)C)c2cc(C=O)ccc2n1. The van der Waals surface area contributed by atoms with E-state index in [4.69, 9.17) is 0 Å². The first-order valence-corrected chi connectivity index (χ1v) is 6.94. The molecule has 0 aliphatic carbocycles. The van der Waals surface area contributed by atoms with E-state index in [1.54, 1.807) is 6.07 Å².